The van der Waals surface area contributed by atoms with Crippen molar-refractivity contribution in [2.75, 3.05) is 31.1 Å². The highest BCUT2D eigenvalue weighted by Crippen LogP contribution is 2.30. The van der Waals surface area contributed by atoms with Crippen molar-refractivity contribution < 1.29 is 8.42 Å². The number of benzene rings is 2. The molecule has 2 aromatic carbocycles. The Balaban J connectivity index is 1.47. The fraction of sp³-hybridized carbons (Fsp3) is 0.370. The maximum Gasteiger partial charge on any atom is 0.218 e. The average molecular weight is 505 g/mol. The number of fused-ring (bicyclic) bond motifs is 1. The Morgan fingerprint density at radius 2 is 1.61 bits per heavy atom. The third kappa shape index (κ3) is 4.99. The molecule has 1 aliphatic heterocycles. The lowest BCUT2D eigenvalue weighted by Gasteiger charge is -2.24. The summed E-state index contributed by atoms with van der Waals surface area (Å²) in [5.74, 6) is 1.66. The number of nitrogens with zero attached hydrogens (tertiary/aromatic N) is 6. The quantitative estimate of drug-likeness (QED) is 0.377. The van der Waals surface area contributed by atoms with Crippen molar-refractivity contribution in [3.63, 3.8) is 0 Å². The smallest absolute Gasteiger partial charge is 0.218 e. The topological polar surface area (TPSA) is 84.2 Å². The molecule has 0 saturated carbocycles. The van der Waals surface area contributed by atoms with Crippen molar-refractivity contribution in [3.8, 4) is 5.69 Å². The number of sulfonamides is 1. The molecule has 0 N–H and O–H groups in total. The summed E-state index contributed by atoms with van der Waals surface area (Å²) in [7, 11) is -3.41. The molecule has 8 nitrogen and oxygen atoms in total. The minimum Gasteiger partial charge on any atom is -0.355 e. The van der Waals surface area contributed by atoms with Crippen molar-refractivity contribution in [1.29, 1.82) is 0 Å². The van der Waals surface area contributed by atoms with Gasteiger partial charge in [0.05, 0.1) is 22.5 Å². The van der Waals surface area contributed by atoms with Gasteiger partial charge in [0.15, 0.2) is 5.65 Å². The van der Waals surface area contributed by atoms with E-state index in [0.29, 0.717) is 19.6 Å². The summed E-state index contributed by atoms with van der Waals surface area (Å²) in [5, 5.41) is 5.75. The first-order valence-corrected chi connectivity index (χ1v) is 14.2. The third-order valence-corrected chi connectivity index (χ3v) is 8.39. The van der Waals surface area contributed by atoms with E-state index in [4.69, 9.17) is 15.1 Å². The maximum absolute atomic E-state index is 13.2. The summed E-state index contributed by atoms with van der Waals surface area (Å²) in [4.78, 5) is 12.1. The van der Waals surface area contributed by atoms with Crippen LogP contribution >= 0.6 is 0 Å². The molecule has 188 valence electrons. The second-order valence-corrected chi connectivity index (χ2v) is 11.2. The minimum atomic E-state index is -3.41. The van der Waals surface area contributed by atoms with Gasteiger partial charge in [-0.25, -0.2) is 23.1 Å². The first kappa shape index (κ1) is 24.4. The zero-order valence-corrected chi connectivity index (χ0v) is 21.7. The van der Waals surface area contributed by atoms with E-state index in [1.165, 1.54) is 0 Å². The van der Waals surface area contributed by atoms with Crippen LogP contribution in [0.2, 0.25) is 0 Å². The van der Waals surface area contributed by atoms with Crippen LogP contribution in [0.5, 0.6) is 0 Å². The molecular formula is C27H32N6O2S. The van der Waals surface area contributed by atoms with E-state index in [1.54, 1.807) is 4.31 Å². The van der Waals surface area contributed by atoms with Gasteiger partial charge in [-0.05, 0) is 37.5 Å². The van der Waals surface area contributed by atoms with E-state index in [2.05, 4.69) is 11.8 Å². The maximum atomic E-state index is 13.2. The molecule has 2 aromatic heterocycles. The molecule has 1 aliphatic rings. The highest BCUT2D eigenvalue weighted by Gasteiger charge is 2.28. The van der Waals surface area contributed by atoms with E-state index in [0.717, 1.165) is 65.4 Å². The van der Waals surface area contributed by atoms with E-state index in [-0.39, 0.29) is 5.75 Å². The fourth-order valence-corrected chi connectivity index (χ4v) is 6.34. The van der Waals surface area contributed by atoms with E-state index in [9.17, 15) is 8.42 Å². The predicted octanol–water partition coefficient (Wildman–Crippen LogP) is 4.12. The lowest BCUT2D eigenvalue weighted by molar-refractivity contribution is 0.432. The molecule has 0 amide bonds. The molecule has 0 bridgehead atoms. The summed E-state index contributed by atoms with van der Waals surface area (Å²) in [6, 6.07) is 19.4. The zero-order chi connectivity index (χ0) is 25.1. The number of aromatic nitrogens is 4. The van der Waals surface area contributed by atoms with Crippen molar-refractivity contribution in [1.82, 2.24) is 24.1 Å². The van der Waals surface area contributed by atoms with Crippen LogP contribution in [0.15, 0.2) is 60.7 Å². The van der Waals surface area contributed by atoms with Crippen LogP contribution < -0.4 is 4.90 Å². The fourth-order valence-electron chi connectivity index (χ4n) is 4.78. The monoisotopic (exact) mass is 504 g/mol. The lowest BCUT2D eigenvalue weighted by Crippen LogP contribution is -2.36. The molecule has 0 radical (unpaired) electrons. The number of aryl methyl sites for hydroxylation is 2. The molecule has 5 rings (SSSR count). The van der Waals surface area contributed by atoms with Crippen molar-refractivity contribution >= 4 is 26.9 Å². The Hall–Kier alpha value is -3.30. The Bertz CT molecular complexity index is 1440. The predicted molar refractivity (Wildman–Crippen MR) is 143 cm³/mol. The number of hydrogen-bond donors (Lipinski definition) is 0. The molecule has 0 atom stereocenters. The van der Waals surface area contributed by atoms with Crippen LogP contribution in [0.25, 0.3) is 16.7 Å². The largest absolute Gasteiger partial charge is 0.355 e. The first-order valence-electron chi connectivity index (χ1n) is 12.5. The molecule has 0 aliphatic carbocycles. The summed E-state index contributed by atoms with van der Waals surface area (Å²) >= 11 is 0. The zero-order valence-electron chi connectivity index (χ0n) is 20.8. The number of hydrogen-bond acceptors (Lipinski definition) is 6. The van der Waals surface area contributed by atoms with Crippen molar-refractivity contribution in [2.24, 2.45) is 0 Å². The van der Waals surface area contributed by atoms with Crippen LogP contribution in [0.3, 0.4) is 0 Å². The van der Waals surface area contributed by atoms with Crippen LogP contribution in [-0.4, -0.2) is 58.7 Å². The molecule has 3 heterocycles. The van der Waals surface area contributed by atoms with Crippen LogP contribution in [0, 0.1) is 6.92 Å². The van der Waals surface area contributed by atoms with Crippen LogP contribution in [0.1, 0.15) is 36.8 Å². The molecule has 1 saturated heterocycles. The van der Waals surface area contributed by atoms with Gasteiger partial charge >= 0.3 is 0 Å². The SMILES string of the molecule is CCCc1nc(N2CCCN(S(=O)(=O)Cc3ccccc3)CC2)c2c(C)nn(-c3ccccc3)c2n1. The number of anilines is 1. The Kier molecular flexibility index (Phi) is 7.02. The molecular weight excluding hydrogens is 472 g/mol. The Morgan fingerprint density at radius 1 is 0.889 bits per heavy atom. The molecule has 0 spiro atoms. The van der Waals surface area contributed by atoms with Gasteiger partial charge in [-0.15, -0.1) is 0 Å². The Morgan fingerprint density at radius 3 is 2.33 bits per heavy atom. The first-order chi connectivity index (χ1) is 17.5. The second kappa shape index (κ2) is 10.4. The minimum absolute atomic E-state index is 0.0230. The third-order valence-electron chi connectivity index (χ3n) is 6.54. The van der Waals surface area contributed by atoms with Gasteiger partial charge in [-0.2, -0.15) is 9.40 Å². The Labute approximate surface area is 212 Å². The van der Waals surface area contributed by atoms with Gasteiger partial charge in [0.1, 0.15) is 11.6 Å². The molecule has 4 aromatic rings. The summed E-state index contributed by atoms with van der Waals surface area (Å²) < 4.78 is 29.9. The lowest BCUT2D eigenvalue weighted by atomic mass is 10.2. The van der Waals surface area contributed by atoms with Crippen LogP contribution in [-0.2, 0) is 22.2 Å². The highest BCUT2D eigenvalue weighted by atomic mass is 32.2. The summed E-state index contributed by atoms with van der Waals surface area (Å²) in [6.07, 6.45) is 2.44. The van der Waals surface area contributed by atoms with Gasteiger partial charge in [0.2, 0.25) is 10.0 Å². The normalized spacial score (nSPS) is 15.3. The van der Waals surface area contributed by atoms with Crippen LogP contribution in [0.4, 0.5) is 5.82 Å². The summed E-state index contributed by atoms with van der Waals surface area (Å²) in [5.41, 5.74) is 3.43. The standard InChI is InChI=1S/C27H32N6O2S/c1-3-11-24-28-26(25-21(2)30-33(27(25)29-24)23-14-8-5-9-15-23)31-16-10-17-32(19-18-31)36(34,35)20-22-12-6-4-7-13-22/h4-9,12-15H,3,10-11,16-20H2,1-2H3. The average Bonchev–Trinajstić information content (AvgIpc) is 3.04. The number of para-hydroxylation sites is 1. The second-order valence-electron chi connectivity index (χ2n) is 9.23. The number of rotatable bonds is 7. The van der Waals surface area contributed by atoms with Crippen molar-refractivity contribution in [3.05, 3.63) is 77.7 Å². The van der Waals surface area contributed by atoms with E-state index in [1.807, 2.05) is 72.3 Å². The molecule has 0 unspecified atom stereocenters. The van der Waals surface area contributed by atoms with Gasteiger partial charge in [0, 0.05) is 32.6 Å². The highest BCUT2D eigenvalue weighted by molar-refractivity contribution is 7.88. The van der Waals surface area contributed by atoms with Gasteiger partial charge in [-0.3, -0.25) is 0 Å². The van der Waals surface area contributed by atoms with Crippen molar-refractivity contribution in [2.45, 2.75) is 38.9 Å². The molecule has 36 heavy (non-hydrogen) atoms. The van der Waals surface area contributed by atoms with Gasteiger partial charge < -0.3 is 4.90 Å². The molecule has 1 fully saturated rings. The van der Waals surface area contributed by atoms with E-state index < -0.39 is 10.0 Å². The van der Waals surface area contributed by atoms with Gasteiger partial charge in [-0.1, -0.05) is 55.5 Å². The summed E-state index contributed by atoms with van der Waals surface area (Å²) in [6.45, 7) is 6.34. The van der Waals surface area contributed by atoms with E-state index >= 15 is 0 Å². The van der Waals surface area contributed by atoms with Gasteiger partial charge in [0.25, 0.3) is 0 Å². The molecule has 9 heteroatoms.